The van der Waals surface area contributed by atoms with Crippen molar-refractivity contribution in [3.8, 4) is 78.5 Å². The highest BCUT2D eigenvalue weighted by atomic mass is 14.9. The Hall–Kier alpha value is -8.60. The standard InChI is InChI=1S/C60H38N4/c1-4-15-39(16-5-1)40-26-28-41(29-27-40)54-38-55(64-60(63-54)45-19-8-3-9-20-45)47-35-46(53-33-32-44-31-30-43-21-14-34-61-58(43)59(44)62-53)36-48(37-47)57-51-24-12-10-22-49(51)56(42-17-6-2-7-18-42)50-23-11-13-25-52(50)57/h1-38H. The van der Waals surface area contributed by atoms with Gasteiger partial charge in [-0.3, -0.25) is 4.98 Å². The first-order valence-electron chi connectivity index (χ1n) is 21.6. The average Bonchev–Trinajstić information content (AvgIpc) is 3.38. The molecule has 4 nitrogen and oxygen atoms in total. The SMILES string of the molecule is c1ccc(-c2ccc(-c3cc(-c4cc(-c5ccc6ccc7cccnc7c6n5)cc(-c5c6ccccc6c(-c6ccccc6)c6ccccc56)c4)nc(-c4ccccc4)n3)cc2)cc1. The molecule has 0 N–H and O–H groups in total. The Labute approximate surface area is 370 Å². The number of benzene rings is 9. The van der Waals surface area contributed by atoms with Crippen molar-refractivity contribution in [2.45, 2.75) is 0 Å². The fourth-order valence-corrected chi connectivity index (χ4v) is 9.23. The van der Waals surface area contributed by atoms with Crippen LogP contribution in [0.2, 0.25) is 0 Å². The van der Waals surface area contributed by atoms with Crippen LogP contribution in [-0.2, 0) is 0 Å². The number of nitrogens with zero attached hydrogens (tertiary/aromatic N) is 4. The maximum atomic E-state index is 5.39. The van der Waals surface area contributed by atoms with Gasteiger partial charge < -0.3 is 0 Å². The van der Waals surface area contributed by atoms with Crippen LogP contribution in [0, 0.1) is 0 Å². The Morgan fingerprint density at radius 3 is 1.33 bits per heavy atom. The lowest BCUT2D eigenvalue weighted by molar-refractivity contribution is 1.18. The van der Waals surface area contributed by atoms with Crippen LogP contribution in [-0.4, -0.2) is 19.9 Å². The van der Waals surface area contributed by atoms with Gasteiger partial charge >= 0.3 is 0 Å². The van der Waals surface area contributed by atoms with Crippen molar-refractivity contribution in [1.82, 2.24) is 19.9 Å². The second kappa shape index (κ2) is 15.7. The van der Waals surface area contributed by atoms with Gasteiger partial charge in [0.25, 0.3) is 0 Å². The fraction of sp³-hybridized carbons (Fsp3) is 0. The predicted octanol–water partition coefficient (Wildman–Crippen LogP) is 15.5. The molecule has 0 fully saturated rings. The zero-order valence-electron chi connectivity index (χ0n) is 34.7. The molecule has 0 spiro atoms. The van der Waals surface area contributed by atoms with E-state index in [-0.39, 0.29) is 0 Å². The van der Waals surface area contributed by atoms with Crippen LogP contribution in [0.1, 0.15) is 0 Å². The maximum absolute atomic E-state index is 5.39. The zero-order chi connectivity index (χ0) is 42.4. The van der Waals surface area contributed by atoms with Crippen LogP contribution in [0.25, 0.3) is 122 Å². The third-order valence-electron chi connectivity index (χ3n) is 12.3. The van der Waals surface area contributed by atoms with E-state index >= 15 is 0 Å². The van der Waals surface area contributed by atoms with E-state index in [0.29, 0.717) is 5.82 Å². The van der Waals surface area contributed by atoms with Gasteiger partial charge in [-0.15, -0.1) is 0 Å². The molecule has 3 heterocycles. The largest absolute Gasteiger partial charge is 0.254 e. The molecule has 0 amide bonds. The van der Waals surface area contributed by atoms with Crippen molar-refractivity contribution in [2.75, 3.05) is 0 Å². The van der Waals surface area contributed by atoms with Gasteiger partial charge in [-0.05, 0) is 91.3 Å². The molecule has 0 aliphatic rings. The molecule has 4 heteroatoms. The highest BCUT2D eigenvalue weighted by Crippen LogP contribution is 2.45. The Bertz CT molecular complexity index is 3640. The molecule has 0 saturated heterocycles. The van der Waals surface area contributed by atoms with Gasteiger partial charge in [-0.25, -0.2) is 15.0 Å². The molecule has 9 aromatic carbocycles. The minimum Gasteiger partial charge on any atom is -0.254 e. The van der Waals surface area contributed by atoms with E-state index in [1.165, 1.54) is 38.2 Å². The summed E-state index contributed by atoms with van der Waals surface area (Å²) in [7, 11) is 0. The first kappa shape index (κ1) is 37.2. The number of hydrogen-bond donors (Lipinski definition) is 0. The van der Waals surface area contributed by atoms with Gasteiger partial charge in [-0.1, -0.05) is 188 Å². The number of hydrogen-bond acceptors (Lipinski definition) is 4. The first-order chi connectivity index (χ1) is 31.7. The molecular weight excluding hydrogens is 777 g/mol. The van der Waals surface area contributed by atoms with Gasteiger partial charge in [0.1, 0.15) is 0 Å². The van der Waals surface area contributed by atoms with E-state index in [0.717, 1.165) is 77.8 Å². The van der Waals surface area contributed by atoms with Crippen molar-refractivity contribution < 1.29 is 0 Å². The Morgan fingerprint density at radius 1 is 0.250 bits per heavy atom. The fourth-order valence-electron chi connectivity index (χ4n) is 9.23. The van der Waals surface area contributed by atoms with Crippen LogP contribution in [0.15, 0.2) is 231 Å². The smallest absolute Gasteiger partial charge is 0.160 e. The minimum atomic E-state index is 0.664. The van der Waals surface area contributed by atoms with Crippen LogP contribution >= 0.6 is 0 Å². The molecule has 12 aromatic rings. The molecule has 0 aliphatic carbocycles. The van der Waals surface area contributed by atoms with Crippen LogP contribution in [0.5, 0.6) is 0 Å². The van der Waals surface area contributed by atoms with Gasteiger partial charge in [0.2, 0.25) is 0 Å². The van der Waals surface area contributed by atoms with Crippen molar-refractivity contribution in [3.63, 3.8) is 0 Å². The zero-order valence-corrected chi connectivity index (χ0v) is 34.7. The summed E-state index contributed by atoms with van der Waals surface area (Å²) >= 11 is 0. The molecule has 0 radical (unpaired) electrons. The molecule has 298 valence electrons. The number of aromatic nitrogens is 4. The molecule has 0 unspecified atom stereocenters. The molecular formula is C60H38N4. The molecule has 3 aromatic heterocycles. The van der Waals surface area contributed by atoms with Crippen LogP contribution in [0.3, 0.4) is 0 Å². The quantitative estimate of drug-likeness (QED) is 0.119. The van der Waals surface area contributed by atoms with Crippen molar-refractivity contribution in [2.24, 2.45) is 0 Å². The summed E-state index contributed by atoms with van der Waals surface area (Å²) in [5.41, 5.74) is 15.2. The Balaban J connectivity index is 1.13. The van der Waals surface area contributed by atoms with Gasteiger partial charge in [0, 0.05) is 39.2 Å². The highest BCUT2D eigenvalue weighted by molar-refractivity contribution is 6.21. The summed E-state index contributed by atoms with van der Waals surface area (Å²) in [5.74, 6) is 0.664. The summed E-state index contributed by atoms with van der Waals surface area (Å²) in [4.78, 5) is 20.8. The lowest BCUT2D eigenvalue weighted by Crippen LogP contribution is -1.97. The molecule has 64 heavy (non-hydrogen) atoms. The molecule has 0 atom stereocenters. The molecule has 0 saturated carbocycles. The minimum absolute atomic E-state index is 0.664. The third kappa shape index (κ3) is 6.66. The summed E-state index contributed by atoms with van der Waals surface area (Å²) in [6.07, 6.45) is 1.84. The Morgan fingerprint density at radius 2 is 0.703 bits per heavy atom. The van der Waals surface area contributed by atoms with Crippen molar-refractivity contribution >= 4 is 43.4 Å². The van der Waals surface area contributed by atoms with Crippen molar-refractivity contribution in [1.29, 1.82) is 0 Å². The van der Waals surface area contributed by atoms with Crippen molar-refractivity contribution in [3.05, 3.63) is 231 Å². The number of fused-ring (bicyclic) bond motifs is 5. The van der Waals surface area contributed by atoms with Gasteiger partial charge in [-0.2, -0.15) is 0 Å². The molecule has 0 bridgehead atoms. The van der Waals surface area contributed by atoms with E-state index in [2.05, 4.69) is 194 Å². The number of pyridine rings is 2. The van der Waals surface area contributed by atoms with Crippen LogP contribution < -0.4 is 0 Å². The lowest BCUT2D eigenvalue weighted by atomic mass is 9.85. The van der Waals surface area contributed by atoms with Gasteiger partial charge in [0.05, 0.1) is 28.1 Å². The first-order valence-corrected chi connectivity index (χ1v) is 21.6. The van der Waals surface area contributed by atoms with Crippen LogP contribution in [0.4, 0.5) is 0 Å². The Kier molecular flexibility index (Phi) is 9.12. The van der Waals surface area contributed by atoms with E-state index in [1.807, 2.05) is 36.5 Å². The summed E-state index contributed by atoms with van der Waals surface area (Å²) in [5, 5.41) is 6.86. The monoisotopic (exact) mass is 814 g/mol. The maximum Gasteiger partial charge on any atom is 0.160 e. The van der Waals surface area contributed by atoms with E-state index < -0.39 is 0 Å². The van der Waals surface area contributed by atoms with E-state index in [1.54, 1.807) is 0 Å². The number of rotatable bonds is 7. The van der Waals surface area contributed by atoms with E-state index in [4.69, 9.17) is 19.9 Å². The second-order valence-electron chi connectivity index (χ2n) is 16.2. The molecule has 12 rings (SSSR count). The second-order valence-corrected chi connectivity index (χ2v) is 16.2. The normalized spacial score (nSPS) is 11.4. The van der Waals surface area contributed by atoms with Gasteiger partial charge in [0.15, 0.2) is 5.82 Å². The predicted molar refractivity (Wildman–Crippen MR) is 266 cm³/mol. The lowest BCUT2D eigenvalue weighted by Gasteiger charge is -2.19. The summed E-state index contributed by atoms with van der Waals surface area (Å²) < 4.78 is 0. The molecule has 0 aliphatic heterocycles. The topological polar surface area (TPSA) is 51.6 Å². The highest BCUT2D eigenvalue weighted by Gasteiger charge is 2.20. The summed E-state index contributed by atoms with van der Waals surface area (Å²) in [6.45, 7) is 0. The third-order valence-corrected chi connectivity index (χ3v) is 12.3. The summed E-state index contributed by atoms with van der Waals surface area (Å²) in [6, 6.07) is 79.3. The van der Waals surface area contributed by atoms with E-state index in [9.17, 15) is 0 Å². The average molecular weight is 815 g/mol.